The van der Waals surface area contributed by atoms with Crippen molar-refractivity contribution in [1.82, 2.24) is 10.3 Å². The molecule has 18 heavy (non-hydrogen) atoms. The highest BCUT2D eigenvalue weighted by atomic mass is 16.5. The van der Waals surface area contributed by atoms with Gasteiger partial charge in [0.05, 0.1) is 0 Å². The van der Waals surface area contributed by atoms with Crippen LogP contribution >= 0.6 is 0 Å². The number of carbonyl (C=O) groups is 1. The van der Waals surface area contributed by atoms with E-state index in [4.69, 9.17) is 14.3 Å². The van der Waals surface area contributed by atoms with E-state index in [2.05, 4.69) is 10.3 Å². The normalized spacial score (nSPS) is 20.9. The Bertz CT molecular complexity index is 399. The maximum absolute atomic E-state index is 12.0. The molecule has 2 rings (SSSR count). The number of nitrogens with one attached hydrogen (secondary N) is 1. The zero-order valence-corrected chi connectivity index (χ0v) is 10.4. The fourth-order valence-electron chi connectivity index (χ4n) is 2.00. The molecule has 0 bridgehead atoms. The smallest absolute Gasteiger partial charge is 0.273 e. The molecule has 6 heteroatoms. The molecule has 1 amide bonds. The Balaban J connectivity index is 2.03. The average Bonchev–Trinajstić information content (AvgIpc) is 3.00. The van der Waals surface area contributed by atoms with Gasteiger partial charge in [-0.2, -0.15) is 0 Å². The van der Waals surface area contributed by atoms with Crippen molar-refractivity contribution >= 4 is 5.91 Å². The summed E-state index contributed by atoms with van der Waals surface area (Å²) in [5, 5.41) is 11.6. The van der Waals surface area contributed by atoms with Crippen molar-refractivity contribution in [3.63, 3.8) is 0 Å². The summed E-state index contributed by atoms with van der Waals surface area (Å²) in [6, 6.07) is -0.100. The van der Waals surface area contributed by atoms with Crippen molar-refractivity contribution in [2.45, 2.75) is 38.3 Å². The van der Waals surface area contributed by atoms with E-state index in [-0.39, 0.29) is 30.4 Å². The van der Waals surface area contributed by atoms with Gasteiger partial charge in [-0.1, -0.05) is 0 Å². The predicted molar refractivity (Wildman–Crippen MR) is 63.1 cm³/mol. The van der Waals surface area contributed by atoms with Gasteiger partial charge in [-0.3, -0.25) is 4.79 Å². The van der Waals surface area contributed by atoms with Crippen LogP contribution in [0.3, 0.4) is 0 Å². The summed E-state index contributed by atoms with van der Waals surface area (Å²) >= 11 is 0. The third-order valence-corrected chi connectivity index (χ3v) is 2.97. The molecule has 0 saturated carbocycles. The maximum atomic E-state index is 12.0. The fourth-order valence-corrected chi connectivity index (χ4v) is 2.00. The minimum Gasteiger partial charge on any atom is -0.445 e. The molecule has 0 aromatic carbocycles. The Morgan fingerprint density at radius 3 is 3.22 bits per heavy atom. The second-order valence-corrected chi connectivity index (χ2v) is 4.45. The van der Waals surface area contributed by atoms with Crippen LogP contribution in [-0.4, -0.2) is 35.3 Å². The van der Waals surface area contributed by atoms with E-state index in [1.807, 2.05) is 6.92 Å². The molecule has 0 spiro atoms. The van der Waals surface area contributed by atoms with E-state index < -0.39 is 0 Å². The quantitative estimate of drug-likeness (QED) is 0.819. The molecular weight excluding hydrogens is 236 g/mol. The lowest BCUT2D eigenvalue weighted by Crippen LogP contribution is -2.34. The molecule has 2 N–H and O–H groups in total. The molecule has 2 unspecified atom stereocenters. The first-order chi connectivity index (χ1) is 8.72. The minimum atomic E-state index is -0.282. The molecule has 1 aromatic rings. The van der Waals surface area contributed by atoms with Crippen molar-refractivity contribution < 1.29 is 19.1 Å². The van der Waals surface area contributed by atoms with Gasteiger partial charge in [0.2, 0.25) is 0 Å². The number of nitrogens with zero attached hydrogens (tertiary/aromatic N) is 1. The van der Waals surface area contributed by atoms with E-state index >= 15 is 0 Å². The molecule has 1 fully saturated rings. The second kappa shape index (κ2) is 5.97. The summed E-state index contributed by atoms with van der Waals surface area (Å²) in [7, 11) is 0. The summed E-state index contributed by atoms with van der Waals surface area (Å²) in [4.78, 5) is 16.0. The molecule has 0 radical (unpaired) electrons. The van der Waals surface area contributed by atoms with Crippen molar-refractivity contribution in [2.24, 2.45) is 0 Å². The molecule has 1 aliphatic rings. The van der Waals surface area contributed by atoms with Gasteiger partial charge < -0.3 is 19.6 Å². The zero-order chi connectivity index (χ0) is 13.0. The fraction of sp³-hybridized carbons (Fsp3) is 0.667. The van der Waals surface area contributed by atoms with Gasteiger partial charge in [0.1, 0.15) is 6.10 Å². The number of rotatable bonds is 5. The number of aliphatic hydroxyl groups excluding tert-OH is 1. The second-order valence-electron chi connectivity index (χ2n) is 4.45. The lowest BCUT2D eigenvalue weighted by Gasteiger charge is -2.12. The third-order valence-electron chi connectivity index (χ3n) is 2.97. The van der Waals surface area contributed by atoms with Crippen LogP contribution in [0.25, 0.3) is 0 Å². The third kappa shape index (κ3) is 2.88. The van der Waals surface area contributed by atoms with Crippen molar-refractivity contribution in [3.8, 4) is 0 Å². The van der Waals surface area contributed by atoms with Crippen molar-refractivity contribution in [1.29, 1.82) is 0 Å². The highest BCUT2D eigenvalue weighted by Crippen LogP contribution is 2.30. The van der Waals surface area contributed by atoms with E-state index in [0.717, 1.165) is 12.8 Å². The number of amides is 1. The first kappa shape index (κ1) is 13.0. The lowest BCUT2D eigenvalue weighted by atomic mass is 10.1. The molecule has 1 aliphatic heterocycles. The molecular formula is C12H18N2O4. The van der Waals surface area contributed by atoms with E-state index in [1.165, 1.54) is 6.39 Å². The topological polar surface area (TPSA) is 84.6 Å². The van der Waals surface area contributed by atoms with Crippen LogP contribution in [0.4, 0.5) is 0 Å². The van der Waals surface area contributed by atoms with Gasteiger partial charge in [0, 0.05) is 19.3 Å². The highest BCUT2D eigenvalue weighted by Gasteiger charge is 2.28. The highest BCUT2D eigenvalue weighted by molar-refractivity contribution is 5.93. The van der Waals surface area contributed by atoms with E-state index in [0.29, 0.717) is 18.8 Å². The molecule has 1 aromatic heterocycles. The number of aromatic nitrogens is 1. The zero-order valence-electron chi connectivity index (χ0n) is 10.4. The predicted octanol–water partition coefficient (Wildman–Crippen LogP) is 1.03. The van der Waals surface area contributed by atoms with Crippen molar-refractivity contribution in [3.05, 3.63) is 17.8 Å². The number of hydrogen-bond acceptors (Lipinski definition) is 5. The van der Waals surface area contributed by atoms with Gasteiger partial charge in [0.25, 0.3) is 5.91 Å². The van der Waals surface area contributed by atoms with Gasteiger partial charge >= 0.3 is 0 Å². The first-order valence-electron chi connectivity index (χ1n) is 6.19. The van der Waals surface area contributed by atoms with Gasteiger partial charge in [-0.15, -0.1) is 0 Å². The monoisotopic (exact) mass is 254 g/mol. The van der Waals surface area contributed by atoms with Crippen LogP contribution in [0.5, 0.6) is 0 Å². The number of ether oxygens (including phenoxy) is 1. The van der Waals surface area contributed by atoms with Crippen molar-refractivity contribution in [2.75, 3.05) is 13.2 Å². The van der Waals surface area contributed by atoms with Crippen LogP contribution in [0.1, 0.15) is 48.5 Å². The van der Waals surface area contributed by atoms with Crippen LogP contribution in [-0.2, 0) is 4.74 Å². The van der Waals surface area contributed by atoms with E-state index in [1.54, 1.807) is 0 Å². The largest absolute Gasteiger partial charge is 0.445 e. The molecule has 1 saturated heterocycles. The summed E-state index contributed by atoms with van der Waals surface area (Å²) in [6.07, 6.45) is 3.43. The Hall–Kier alpha value is -1.40. The van der Waals surface area contributed by atoms with Gasteiger partial charge in [-0.25, -0.2) is 4.98 Å². The van der Waals surface area contributed by atoms with Crippen LogP contribution in [0.2, 0.25) is 0 Å². The number of hydrogen-bond donors (Lipinski definition) is 2. The lowest BCUT2D eigenvalue weighted by molar-refractivity contribution is 0.0851. The molecule has 100 valence electrons. The maximum Gasteiger partial charge on any atom is 0.273 e. The van der Waals surface area contributed by atoms with Gasteiger partial charge in [0.15, 0.2) is 17.8 Å². The summed E-state index contributed by atoms with van der Waals surface area (Å²) in [5.74, 6) is 0.219. The number of oxazole rings is 1. The molecule has 0 aliphatic carbocycles. The summed E-state index contributed by atoms with van der Waals surface area (Å²) in [5.41, 5.74) is 0.284. The number of aliphatic hydroxyl groups is 1. The first-order valence-corrected chi connectivity index (χ1v) is 6.19. The minimum absolute atomic E-state index is 0.0405. The van der Waals surface area contributed by atoms with Crippen LogP contribution < -0.4 is 5.32 Å². The molecule has 2 atom stereocenters. The Morgan fingerprint density at radius 2 is 2.56 bits per heavy atom. The van der Waals surface area contributed by atoms with E-state index in [9.17, 15) is 4.79 Å². The summed E-state index contributed by atoms with van der Waals surface area (Å²) in [6.45, 7) is 2.56. The average molecular weight is 254 g/mol. The van der Waals surface area contributed by atoms with Crippen LogP contribution in [0, 0.1) is 0 Å². The SMILES string of the molecule is CC(CCO)NC(=O)c1ncoc1C1CCCO1. The standard InChI is InChI=1S/C12H18N2O4/c1-8(4-5-15)14-12(16)10-11(18-7-13-10)9-3-2-6-17-9/h7-9,15H,2-6H2,1H3,(H,14,16). The Kier molecular flexibility index (Phi) is 4.33. The molecule has 6 nitrogen and oxygen atoms in total. The molecule has 2 heterocycles. The van der Waals surface area contributed by atoms with Crippen LogP contribution in [0.15, 0.2) is 10.8 Å². The summed E-state index contributed by atoms with van der Waals surface area (Å²) < 4.78 is 10.8. The number of carbonyl (C=O) groups excluding carboxylic acids is 1. The van der Waals surface area contributed by atoms with Gasteiger partial charge in [-0.05, 0) is 26.2 Å². The Morgan fingerprint density at radius 1 is 1.72 bits per heavy atom. The Labute approximate surface area is 105 Å².